The number of terminal acetylenes is 2. The molecule has 0 bridgehead atoms. The summed E-state index contributed by atoms with van der Waals surface area (Å²) in [7, 11) is 0. The van der Waals surface area contributed by atoms with Gasteiger partial charge in [0, 0.05) is 21.9 Å². The van der Waals surface area contributed by atoms with Gasteiger partial charge in [0.25, 0.3) is 11.8 Å². The Morgan fingerprint density at radius 1 is 0.688 bits per heavy atom. The van der Waals surface area contributed by atoms with Crippen LogP contribution in [0.3, 0.4) is 0 Å². The van der Waals surface area contributed by atoms with Gasteiger partial charge < -0.3 is 10.2 Å². The van der Waals surface area contributed by atoms with Crippen LogP contribution in [0.15, 0.2) is 60.7 Å². The molecular weight excluding hydrogens is 404 g/mol. The van der Waals surface area contributed by atoms with E-state index in [0.29, 0.717) is 22.5 Å². The van der Waals surface area contributed by atoms with Gasteiger partial charge in [-0.2, -0.15) is 0 Å². The molecule has 2 N–H and O–H groups in total. The summed E-state index contributed by atoms with van der Waals surface area (Å²) in [6.07, 6.45) is 11.1. The first-order chi connectivity index (χ1) is 15.5. The van der Waals surface area contributed by atoms with E-state index in [1.807, 2.05) is 0 Å². The number of aromatic hydroxyl groups is 2. The van der Waals surface area contributed by atoms with Gasteiger partial charge in [-0.3, -0.25) is 9.59 Å². The zero-order valence-corrected chi connectivity index (χ0v) is 16.5. The van der Waals surface area contributed by atoms with Crippen molar-refractivity contribution >= 4 is 28.3 Å². The number of fused-ring (bicyclic) bond motifs is 2. The van der Waals surface area contributed by atoms with Crippen LogP contribution in [0, 0.1) is 24.7 Å². The van der Waals surface area contributed by atoms with Crippen LogP contribution < -0.4 is 4.90 Å². The van der Waals surface area contributed by atoms with Crippen LogP contribution in [0.1, 0.15) is 31.8 Å². The molecular formula is C26H14N2O4. The van der Waals surface area contributed by atoms with Crippen molar-refractivity contribution in [2.24, 2.45) is 0 Å². The minimum absolute atomic E-state index is 0.104. The lowest BCUT2D eigenvalue weighted by molar-refractivity contribution is 0.0926. The second kappa shape index (κ2) is 6.80. The molecule has 32 heavy (non-hydrogen) atoms. The highest BCUT2D eigenvalue weighted by molar-refractivity contribution is 6.36. The predicted molar refractivity (Wildman–Crippen MR) is 120 cm³/mol. The van der Waals surface area contributed by atoms with E-state index >= 15 is 0 Å². The fraction of sp³-hybridized carbons (Fsp3) is 0. The number of hydrogen-bond acceptors (Lipinski definition) is 4. The van der Waals surface area contributed by atoms with E-state index in [2.05, 4.69) is 11.8 Å². The van der Waals surface area contributed by atoms with Crippen molar-refractivity contribution in [1.29, 1.82) is 0 Å². The Morgan fingerprint density at radius 3 is 1.62 bits per heavy atom. The highest BCUT2D eigenvalue weighted by Gasteiger charge is 2.39. The van der Waals surface area contributed by atoms with E-state index in [1.54, 1.807) is 48.5 Å². The summed E-state index contributed by atoms with van der Waals surface area (Å²) in [4.78, 5) is 27.3. The monoisotopic (exact) mass is 418 g/mol. The van der Waals surface area contributed by atoms with Crippen molar-refractivity contribution in [3.05, 3.63) is 82.9 Å². The van der Waals surface area contributed by atoms with Gasteiger partial charge in [0.15, 0.2) is 0 Å². The molecule has 0 saturated carbocycles. The molecule has 1 aromatic heterocycles. The van der Waals surface area contributed by atoms with Crippen molar-refractivity contribution in [2.45, 2.75) is 0 Å². The van der Waals surface area contributed by atoms with E-state index in [-0.39, 0.29) is 33.7 Å². The Morgan fingerprint density at radius 2 is 1.12 bits per heavy atom. The van der Waals surface area contributed by atoms with Crippen LogP contribution in [-0.2, 0) is 0 Å². The molecule has 0 spiro atoms. The molecule has 2 amide bonds. The summed E-state index contributed by atoms with van der Waals surface area (Å²) in [6, 6.07) is 16.2. The number of amides is 2. The first kappa shape index (κ1) is 19.0. The average Bonchev–Trinajstić information content (AvgIpc) is 3.21. The van der Waals surface area contributed by atoms with Gasteiger partial charge in [-0.1, -0.05) is 36.1 Å². The molecule has 1 aliphatic heterocycles. The number of anilines is 1. The molecule has 0 aliphatic carbocycles. The van der Waals surface area contributed by atoms with Gasteiger partial charge in [-0.05, 0) is 36.4 Å². The van der Waals surface area contributed by atoms with Gasteiger partial charge in [0.05, 0.1) is 22.5 Å². The maximum Gasteiger partial charge on any atom is 0.266 e. The number of carbonyl (C=O) groups is 2. The van der Waals surface area contributed by atoms with Gasteiger partial charge >= 0.3 is 0 Å². The Bertz CT molecular complexity index is 1500. The predicted octanol–water partition coefficient (Wildman–Crippen LogP) is 3.80. The number of hydrogen-bond donors (Lipinski definition) is 2. The molecule has 152 valence electrons. The summed E-state index contributed by atoms with van der Waals surface area (Å²) in [5.41, 5.74) is 1.75. The first-order valence-electron chi connectivity index (χ1n) is 9.58. The highest BCUT2D eigenvalue weighted by Crippen LogP contribution is 2.43. The molecule has 4 aromatic rings. The van der Waals surface area contributed by atoms with Crippen molar-refractivity contribution in [2.75, 3.05) is 4.90 Å². The maximum atomic E-state index is 13.2. The zero-order valence-electron chi connectivity index (χ0n) is 16.5. The second-order valence-corrected chi connectivity index (χ2v) is 7.19. The molecule has 2 heterocycles. The smallest absolute Gasteiger partial charge is 0.266 e. The molecule has 6 nitrogen and oxygen atoms in total. The van der Waals surface area contributed by atoms with E-state index in [4.69, 9.17) is 12.8 Å². The molecule has 1 aliphatic rings. The zero-order chi connectivity index (χ0) is 22.6. The Hall–Kier alpha value is -4.94. The van der Waals surface area contributed by atoms with Gasteiger partial charge in [-0.25, -0.2) is 9.47 Å². The lowest BCUT2D eigenvalue weighted by atomic mass is 10.1. The number of aromatic nitrogens is 1. The Balaban J connectivity index is 1.72. The van der Waals surface area contributed by atoms with Crippen LogP contribution in [0.25, 0.3) is 16.5 Å². The first-order valence-corrected chi connectivity index (χ1v) is 9.58. The molecule has 0 unspecified atom stereocenters. The van der Waals surface area contributed by atoms with Crippen LogP contribution in [0.4, 0.5) is 5.69 Å². The normalized spacial score (nSPS) is 12.6. The topological polar surface area (TPSA) is 82.8 Å². The minimum atomic E-state index is -0.565. The van der Waals surface area contributed by atoms with Crippen LogP contribution in [-0.4, -0.2) is 26.6 Å². The number of carbonyl (C=O) groups excluding carboxylic acids is 2. The fourth-order valence-corrected chi connectivity index (χ4v) is 4.03. The third kappa shape index (κ3) is 2.44. The van der Waals surface area contributed by atoms with Crippen LogP contribution in [0.2, 0.25) is 0 Å². The Kier molecular flexibility index (Phi) is 4.05. The van der Waals surface area contributed by atoms with Crippen molar-refractivity contribution in [3.8, 4) is 42.1 Å². The van der Waals surface area contributed by atoms with Gasteiger partial charge in [0.2, 0.25) is 11.8 Å². The quantitative estimate of drug-likeness (QED) is 0.383. The summed E-state index contributed by atoms with van der Waals surface area (Å²) in [5.74, 6) is 3.26. The Labute approximate surface area is 183 Å². The molecule has 0 radical (unpaired) electrons. The standard InChI is InChI=1S/C26H14N2O4/c1-3-15-9-5-7-11-21(15)27-23(29)17-13-19-20(14-18(17)24(27)30)26(32)28(25(19)31)22-12-8-6-10-16(22)4-2/h1-2,5-14,29-30H. The van der Waals surface area contributed by atoms with Crippen LogP contribution >= 0.6 is 0 Å². The maximum absolute atomic E-state index is 13.2. The average molecular weight is 418 g/mol. The molecule has 0 saturated heterocycles. The lowest BCUT2D eigenvalue weighted by Gasteiger charge is -2.15. The van der Waals surface area contributed by atoms with Crippen LogP contribution in [0.5, 0.6) is 11.8 Å². The molecule has 6 heteroatoms. The molecule has 0 atom stereocenters. The van der Waals surface area contributed by atoms with E-state index in [1.165, 1.54) is 16.7 Å². The fourth-order valence-electron chi connectivity index (χ4n) is 4.03. The van der Waals surface area contributed by atoms with E-state index in [0.717, 1.165) is 4.90 Å². The number of imide groups is 1. The summed E-state index contributed by atoms with van der Waals surface area (Å²) in [6.45, 7) is 0. The second-order valence-electron chi connectivity index (χ2n) is 7.19. The van der Waals surface area contributed by atoms with Crippen molar-refractivity contribution < 1.29 is 19.8 Å². The number of benzene rings is 3. The summed E-state index contributed by atoms with van der Waals surface area (Å²) >= 11 is 0. The summed E-state index contributed by atoms with van der Waals surface area (Å²) in [5, 5.41) is 22.2. The number of rotatable bonds is 2. The molecule has 3 aromatic carbocycles. The number of nitrogens with zero attached hydrogens (tertiary/aromatic N) is 2. The van der Waals surface area contributed by atoms with Gasteiger partial charge in [-0.15, -0.1) is 12.8 Å². The number of para-hydroxylation sites is 2. The van der Waals surface area contributed by atoms with Crippen molar-refractivity contribution in [3.63, 3.8) is 0 Å². The minimum Gasteiger partial charge on any atom is -0.494 e. The van der Waals surface area contributed by atoms with Crippen molar-refractivity contribution in [1.82, 2.24) is 4.57 Å². The van der Waals surface area contributed by atoms with Gasteiger partial charge in [0.1, 0.15) is 0 Å². The third-order valence-corrected chi connectivity index (χ3v) is 5.53. The highest BCUT2D eigenvalue weighted by atomic mass is 16.3. The SMILES string of the molecule is C#Cc1ccccc1N1C(=O)c2cc3c(O)n(-c4ccccc4C#C)c(O)c3cc2C1=O. The largest absolute Gasteiger partial charge is 0.494 e. The lowest BCUT2D eigenvalue weighted by Crippen LogP contribution is -2.30. The van der Waals surface area contributed by atoms with E-state index in [9.17, 15) is 19.8 Å². The third-order valence-electron chi connectivity index (χ3n) is 5.53. The molecule has 0 fully saturated rings. The summed E-state index contributed by atoms with van der Waals surface area (Å²) < 4.78 is 1.19. The van der Waals surface area contributed by atoms with E-state index < -0.39 is 11.8 Å². The molecule has 5 rings (SSSR count).